The van der Waals surface area contributed by atoms with E-state index in [1.165, 1.54) is 28.6 Å². The summed E-state index contributed by atoms with van der Waals surface area (Å²) in [6, 6.07) is 5.30. The van der Waals surface area contributed by atoms with E-state index in [1.54, 1.807) is 0 Å². The van der Waals surface area contributed by atoms with Crippen LogP contribution in [0.5, 0.6) is 0 Å². The Kier molecular flexibility index (Phi) is 5.55. The highest BCUT2D eigenvalue weighted by Crippen LogP contribution is 2.22. The SMILES string of the molecule is CCNCC1CCCCN1S(=O)(=O)Nc1ccc(F)cc1. The number of halogens is 1. The van der Waals surface area contributed by atoms with Crippen LogP contribution in [0.25, 0.3) is 0 Å². The topological polar surface area (TPSA) is 61.4 Å². The quantitative estimate of drug-likeness (QED) is 0.843. The van der Waals surface area contributed by atoms with Gasteiger partial charge in [0.15, 0.2) is 0 Å². The van der Waals surface area contributed by atoms with Crippen molar-refractivity contribution >= 4 is 15.9 Å². The molecule has 21 heavy (non-hydrogen) atoms. The van der Waals surface area contributed by atoms with Crippen LogP contribution in [0.3, 0.4) is 0 Å². The fourth-order valence-electron chi connectivity index (χ4n) is 2.53. The third-order valence-electron chi connectivity index (χ3n) is 3.60. The maximum Gasteiger partial charge on any atom is 0.301 e. The maximum absolute atomic E-state index is 12.9. The molecule has 7 heteroatoms. The van der Waals surface area contributed by atoms with Crippen molar-refractivity contribution in [3.63, 3.8) is 0 Å². The van der Waals surface area contributed by atoms with E-state index in [2.05, 4.69) is 10.0 Å². The summed E-state index contributed by atoms with van der Waals surface area (Å²) in [7, 11) is -3.61. The summed E-state index contributed by atoms with van der Waals surface area (Å²) in [4.78, 5) is 0. The number of benzene rings is 1. The minimum absolute atomic E-state index is 0.0309. The van der Waals surface area contributed by atoms with Gasteiger partial charge in [-0.2, -0.15) is 12.7 Å². The van der Waals surface area contributed by atoms with Crippen LogP contribution in [0, 0.1) is 5.82 Å². The Morgan fingerprint density at radius 1 is 1.29 bits per heavy atom. The van der Waals surface area contributed by atoms with Gasteiger partial charge in [0.2, 0.25) is 0 Å². The normalized spacial score (nSPS) is 20.4. The van der Waals surface area contributed by atoms with E-state index in [0.717, 1.165) is 25.8 Å². The second-order valence-corrected chi connectivity index (χ2v) is 6.81. The van der Waals surface area contributed by atoms with Crippen molar-refractivity contribution in [3.8, 4) is 0 Å². The van der Waals surface area contributed by atoms with E-state index in [1.807, 2.05) is 6.92 Å². The lowest BCUT2D eigenvalue weighted by atomic mass is 10.1. The first-order valence-corrected chi connectivity index (χ1v) is 8.73. The van der Waals surface area contributed by atoms with Crippen molar-refractivity contribution in [1.29, 1.82) is 0 Å². The molecule has 0 bridgehead atoms. The van der Waals surface area contributed by atoms with Crippen LogP contribution in [-0.4, -0.2) is 38.4 Å². The molecule has 0 aliphatic carbocycles. The van der Waals surface area contributed by atoms with Crippen molar-refractivity contribution in [2.75, 3.05) is 24.4 Å². The van der Waals surface area contributed by atoms with Gasteiger partial charge in [-0.1, -0.05) is 13.3 Å². The van der Waals surface area contributed by atoms with Crippen molar-refractivity contribution in [2.45, 2.75) is 32.2 Å². The van der Waals surface area contributed by atoms with Gasteiger partial charge >= 0.3 is 10.2 Å². The Morgan fingerprint density at radius 3 is 2.67 bits per heavy atom. The third-order valence-corrected chi connectivity index (χ3v) is 5.19. The monoisotopic (exact) mass is 315 g/mol. The predicted octanol–water partition coefficient (Wildman–Crippen LogP) is 1.95. The lowest BCUT2D eigenvalue weighted by molar-refractivity contribution is 0.248. The van der Waals surface area contributed by atoms with Gasteiger partial charge < -0.3 is 5.32 Å². The molecule has 1 aromatic carbocycles. The number of hydrogen-bond acceptors (Lipinski definition) is 3. The number of nitrogens with zero attached hydrogens (tertiary/aromatic N) is 1. The summed E-state index contributed by atoms with van der Waals surface area (Å²) in [5.74, 6) is -0.388. The van der Waals surface area contributed by atoms with E-state index in [-0.39, 0.29) is 11.9 Å². The summed E-state index contributed by atoms with van der Waals surface area (Å²) >= 11 is 0. The van der Waals surface area contributed by atoms with Crippen LogP contribution in [0.15, 0.2) is 24.3 Å². The van der Waals surface area contributed by atoms with Gasteiger partial charge in [-0.3, -0.25) is 4.72 Å². The van der Waals surface area contributed by atoms with Crippen molar-refractivity contribution in [2.24, 2.45) is 0 Å². The van der Waals surface area contributed by atoms with E-state index >= 15 is 0 Å². The maximum atomic E-state index is 12.9. The molecule has 1 fully saturated rings. The molecule has 1 atom stereocenters. The van der Waals surface area contributed by atoms with Crippen LogP contribution in [0.1, 0.15) is 26.2 Å². The molecular formula is C14H22FN3O2S. The summed E-state index contributed by atoms with van der Waals surface area (Å²) in [5, 5.41) is 3.21. The Balaban J connectivity index is 2.10. The first-order valence-electron chi connectivity index (χ1n) is 7.29. The smallest absolute Gasteiger partial charge is 0.301 e. The fraction of sp³-hybridized carbons (Fsp3) is 0.571. The van der Waals surface area contributed by atoms with Gasteiger partial charge in [0.25, 0.3) is 0 Å². The standard InChI is InChI=1S/C14H22FN3O2S/c1-2-16-11-14-5-3-4-10-18(14)21(19,20)17-13-8-6-12(15)7-9-13/h6-9,14,16-17H,2-5,10-11H2,1H3. The molecule has 0 amide bonds. The number of nitrogens with one attached hydrogen (secondary N) is 2. The van der Waals surface area contributed by atoms with E-state index in [0.29, 0.717) is 18.8 Å². The molecule has 1 unspecified atom stereocenters. The lowest BCUT2D eigenvalue weighted by Crippen LogP contribution is -2.50. The van der Waals surface area contributed by atoms with Crippen LogP contribution in [-0.2, 0) is 10.2 Å². The Labute approximate surface area is 125 Å². The minimum atomic E-state index is -3.61. The van der Waals surface area contributed by atoms with Gasteiger partial charge in [-0.05, 0) is 43.7 Å². The highest BCUT2D eigenvalue weighted by molar-refractivity contribution is 7.90. The molecule has 1 aliphatic rings. The Bertz CT molecular complexity index is 548. The lowest BCUT2D eigenvalue weighted by Gasteiger charge is -2.34. The third kappa shape index (κ3) is 4.39. The summed E-state index contributed by atoms with van der Waals surface area (Å²) < 4.78 is 41.9. The van der Waals surface area contributed by atoms with Crippen LogP contribution in [0.2, 0.25) is 0 Å². The van der Waals surface area contributed by atoms with Crippen molar-refractivity contribution in [3.05, 3.63) is 30.1 Å². The zero-order chi connectivity index (χ0) is 15.3. The van der Waals surface area contributed by atoms with E-state index < -0.39 is 10.2 Å². The number of hydrogen-bond donors (Lipinski definition) is 2. The first-order chi connectivity index (χ1) is 10.0. The summed E-state index contributed by atoms with van der Waals surface area (Å²) in [5.41, 5.74) is 0.379. The highest BCUT2D eigenvalue weighted by Gasteiger charge is 2.31. The molecule has 0 spiro atoms. The van der Waals surface area contributed by atoms with Gasteiger partial charge in [0, 0.05) is 24.8 Å². The molecule has 1 saturated heterocycles. The molecule has 1 aromatic rings. The average Bonchev–Trinajstić information content (AvgIpc) is 2.47. The summed E-state index contributed by atoms with van der Waals surface area (Å²) in [6.45, 7) is 3.99. The highest BCUT2D eigenvalue weighted by atomic mass is 32.2. The second-order valence-electron chi connectivity index (χ2n) is 5.18. The number of anilines is 1. The van der Waals surface area contributed by atoms with Crippen molar-refractivity contribution in [1.82, 2.24) is 9.62 Å². The van der Waals surface area contributed by atoms with E-state index in [4.69, 9.17) is 0 Å². The molecule has 1 aliphatic heterocycles. The van der Waals surface area contributed by atoms with E-state index in [9.17, 15) is 12.8 Å². The predicted molar refractivity (Wildman–Crippen MR) is 81.8 cm³/mol. The zero-order valence-electron chi connectivity index (χ0n) is 12.2. The molecule has 1 heterocycles. The van der Waals surface area contributed by atoms with Gasteiger partial charge in [-0.15, -0.1) is 0 Å². The largest absolute Gasteiger partial charge is 0.315 e. The van der Waals surface area contributed by atoms with Gasteiger partial charge in [0.05, 0.1) is 0 Å². The van der Waals surface area contributed by atoms with Gasteiger partial charge in [-0.25, -0.2) is 4.39 Å². The van der Waals surface area contributed by atoms with Crippen LogP contribution in [0.4, 0.5) is 10.1 Å². The minimum Gasteiger partial charge on any atom is -0.315 e. The summed E-state index contributed by atoms with van der Waals surface area (Å²) in [6.07, 6.45) is 2.77. The van der Waals surface area contributed by atoms with Gasteiger partial charge in [0.1, 0.15) is 5.82 Å². The zero-order valence-corrected chi connectivity index (χ0v) is 13.0. The number of rotatable bonds is 6. The number of likely N-dealkylation sites (N-methyl/N-ethyl adjacent to an activating group) is 1. The first kappa shape index (κ1) is 16.2. The molecule has 118 valence electrons. The van der Waals surface area contributed by atoms with Crippen LogP contribution < -0.4 is 10.0 Å². The fourth-order valence-corrected chi connectivity index (χ4v) is 4.02. The molecule has 2 N–H and O–H groups in total. The molecule has 0 radical (unpaired) electrons. The van der Waals surface area contributed by atoms with Crippen molar-refractivity contribution < 1.29 is 12.8 Å². The molecule has 5 nitrogen and oxygen atoms in total. The Morgan fingerprint density at radius 2 is 2.00 bits per heavy atom. The second kappa shape index (κ2) is 7.20. The molecule has 2 rings (SSSR count). The average molecular weight is 315 g/mol. The molecule has 0 aromatic heterocycles. The molecule has 0 saturated carbocycles. The number of piperidine rings is 1. The Hall–Kier alpha value is -1.18. The molecular weight excluding hydrogens is 293 g/mol. The van der Waals surface area contributed by atoms with Crippen LogP contribution >= 0.6 is 0 Å².